The second-order valence-electron chi connectivity index (χ2n) is 9.29. The lowest BCUT2D eigenvalue weighted by molar-refractivity contribution is -0.144. The summed E-state index contributed by atoms with van der Waals surface area (Å²) in [6.45, 7) is 8.33. The van der Waals surface area contributed by atoms with E-state index in [1.54, 1.807) is 32.9 Å². The van der Waals surface area contributed by atoms with E-state index in [0.717, 1.165) is 5.56 Å². The first-order valence-corrected chi connectivity index (χ1v) is 12.2. The summed E-state index contributed by atoms with van der Waals surface area (Å²) in [6, 6.07) is 1.58. The predicted molar refractivity (Wildman–Crippen MR) is 134 cm³/mol. The van der Waals surface area contributed by atoms with Crippen molar-refractivity contribution in [1.29, 1.82) is 0 Å². The van der Waals surface area contributed by atoms with E-state index in [4.69, 9.17) is 5.73 Å². The Morgan fingerprint density at radius 3 is 1.72 bits per heavy atom. The van der Waals surface area contributed by atoms with Crippen molar-refractivity contribution in [3.05, 3.63) is 29.8 Å². The van der Waals surface area contributed by atoms with Crippen molar-refractivity contribution in [3.63, 3.8) is 0 Å². The van der Waals surface area contributed by atoms with Crippen molar-refractivity contribution >= 4 is 23.7 Å². The number of hydrogen-bond acceptors (Lipinski definition) is 7. The molecule has 0 saturated carbocycles. The first-order chi connectivity index (χ1) is 16.8. The fraction of sp³-hybridized carbons (Fsp3) is 0.600. The van der Waals surface area contributed by atoms with Crippen molar-refractivity contribution in [3.8, 4) is 5.75 Å². The molecule has 1 aromatic carbocycles. The lowest BCUT2D eigenvalue weighted by Gasteiger charge is -2.29. The van der Waals surface area contributed by atoms with Crippen LogP contribution in [-0.2, 0) is 25.6 Å². The molecule has 7 unspecified atom stereocenters. The minimum Gasteiger partial charge on any atom is -0.508 e. The molecule has 0 aliphatic carbocycles. The summed E-state index contributed by atoms with van der Waals surface area (Å²) >= 11 is 0. The fourth-order valence-corrected chi connectivity index (χ4v) is 3.52. The van der Waals surface area contributed by atoms with Gasteiger partial charge < -0.3 is 37.0 Å². The quantitative estimate of drug-likeness (QED) is 0.186. The standard InChI is InChI=1S/C25H40N4O7/c1-6-13(3)19(27-22(32)18(26)12-16-8-10-17(31)11-9-16)23(33)29-21(15(5)30)24(34)28-20(25(35)36)14(4)7-2/h8-11,13-15,18-21,30-31H,6-7,12,26H2,1-5H3,(H,27,32)(H,28,34)(H,29,33)(H,35,36). The summed E-state index contributed by atoms with van der Waals surface area (Å²) in [5.74, 6) is -3.97. The maximum Gasteiger partial charge on any atom is 0.326 e. The minimum atomic E-state index is -1.43. The zero-order chi connectivity index (χ0) is 27.6. The number of nitrogens with one attached hydrogen (secondary N) is 3. The smallest absolute Gasteiger partial charge is 0.326 e. The molecule has 0 aromatic heterocycles. The first-order valence-electron chi connectivity index (χ1n) is 12.2. The Labute approximate surface area is 211 Å². The molecule has 1 rings (SSSR count). The van der Waals surface area contributed by atoms with Gasteiger partial charge in [-0.15, -0.1) is 0 Å². The van der Waals surface area contributed by atoms with Crippen molar-refractivity contribution in [2.24, 2.45) is 17.6 Å². The molecule has 3 amide bonds. The van der Waals surface area contributed by atoms with Crippen LogP contribution in [0.25, 0.3) is 0 Å². The molecule has 0 radical (unpaired) electrons. The lowest BCUT2D eigenvalue weighted by Crippen LogP contribution is -2.61. The topological polar surface area (TPSA) is 191 Å². The van der Waals surface area contributed by atoms with E-state index in [-0.39, 0.29) is 24.0 Å². The Balaban J connectivity index is 2.97. The van der Waals surface area contributed by atoms with Gasteiger partial charge in [0.1, 0.15) is 23.9 Å². The Morgan fingerprint density at radius 2 is 1.25 bits per heavy atom. The Morgan fingerprint density at radius 1 is 0.806 bits per heavy atom. The Hall–Kier alpha value is -3.18. The second kappa shape index (κ2) is 14.4. The number of benzene rings is 1. The van der Waals surface area contributed by atoms with Crippen molar-refractivity contribution in [2.75, 3.05) is 0 Å². The number of aliphatic hydroxyl groups is 1. The number of aliphatic carboxylic acids is 1. The largest absolute Gasteiger partial charge is 0.508 e. The maximum atomic E-state index is 13.1. The van der Waals surface area contributed by atoms with Crippen molar-refractivity contribution in [1.82, 2.24) is 16.0 Å². The van der Waals surface area contributed by atoms with Crippen molar-refractivity contribution < 1.29 is 34.5 Å². The van der Waals surface area contributed by atoms with Crippen LogP contribution in [0.5, 0.6) is 5.75 Å². The molecule has 0 saturated heterocycles. The molecule has 7 atom stereocenters. The monoisotopic (exact) mass is 508 g/mol. The Kier molecular flexibility index (Phi) is 12.3. The lowest BCUT2D eigenvalue weighted by atomic mass is 9.96. The minimum absolute atomic E-state index is 0.0841. The van der Waals surface area contributed by atoms with E-state index < -0.39 is 54.0 Å². The van der Waals surface area contributed by atoms with Gasteiger partial charge in [0.05, 0.1) is 12.1 Å². The van der Waals surface area contributed by atoms with Crippen LogP contribution < -0.4 is 21.7 Å². The molecule has 0 bridgehead atoms. The Bertz CT molecular complexity index is 891. The molecule has 8 N–H and O–H groups in total. The highest BCUT2D eigenvalue weighted by Gasteiger charge is 2.35. The number of carboxylic acids is 1. The number of phenolic OH excluding ortho intramolecular Hbond substituents is 1. The van der Waals surface area contributed by atoms with Gasteiger partial charge >= 0.3 is 5.97 Å². The highest BCUT2D eigenvalue weighted by molar-refractivity contribution is 5.94. The molecule has 11 heteroatoms. The highest BCUT2D eigenvalue weighted by atomic mass is 16.4. The van der Waals surface area contributed by atoms with E-state index in [9.17, 15) is 34.5 Å². The van der Waals surface area contributed by atoms with Crippen LogP contribution in [0.3, 0.4) is 0 Å². The molecule has 0 fully saturated rings. The highest BCUT2D eigenvalue weighted by Crippen LogP contribution is 2.13. The van der Waals surface area contributed by atoms with Gasteiger partial charge in [0, 0.05) is 0 Å². The third-order valence-electron chi connectivity index (χ3n) is 6.36. The molecule has 202 valence electrons. The third kappa shape index (κ3) is 9.12. The molecule has 0 spiro atoms. The van der Waals surface area contributed by atoms with E-state index in [1.807, 2.05) is 6.92 Å². The van der Waals surface area contributed by atoms with E-state index >= 15 is 0 Å². The molecular formula is C25H40N4O7. The number of phenols is 1. The first kappa shape index (κ1) is 30.9. The van der Waals surface area contributed by atoms with Crippen LogP contribution >= 0.6 is 0 Å². The van der Waals surface area contributed by atoms with Crippen LogP contribution in [0.2, 0.25) is 0 Å². The number of nitrogens with two attached hydrogens (primary N) is 1. The van der Waals surface area contributed by atoms with Crippen LogP contribution in [0.4, 0.5) is 0 Å². The average Bonchev–Trinajstić information content (AvgIpc) is 2.83. The van der Waals surface area contributed by atoms with Gasteiger partial charge in [-0.25, -0.2) is 4.79 Å². The summed E-state index contributed by atoms with van der Waals surface area (Å²) < 4.78 is 0. The fourth-order valence-electron chi connectivity index (χ4n) is 3.52. The molecule has 0 aliphatic heterocycles. The summed E-state index contributed by atoms with van der Waals surface area (Å²) in [4.78, 5) is 50.3. The second-order valence-corrected chi connectivity index (χ2v) is 9.29. The summed E-state index contributed by atoms with van der Waals surface area (Å²) in [7, 11) is 0. The number of amides is 3. The molecule has 0 aliphatic rings. The molecule has 11 nitrogen and oxygen atoms in total. The van der Waals surface area contributed by atoms with Gasteiger partial charge in [-0.05, 0) is 42.9 Å². The zero-order valence-electron chi connectivity index (χ0n) is 21.5. The van der Waals surface area contributed by atoms with Gasteiger partial charge in [-0.3, -0.25) is 14.4 Å². The summed E-state index contributed by atoms with van der Waals surface area (Å²) in [5, 5.41) is 36.5. The number of carboxylic acid groups (broad SMARTS) is 1. The number of rotatable bonds is 14. The average molecular weight is 509 g/mol. The normalized spacial score (nSPS) is 17.0. The van der Waals surface area contributed by atoms with Gasteiger partial charge in [0.2, 0.25) is 17.7 Å². The van der Waals surface area contributed by atoms with Crippen LogP contribution in [0, 0.1) is 11.8 Å². The maximum absolute atomic E-state index is 13.1. The SMILES string of the molecule is CCC(C)C(NC(=O)C(NC(=O)C(NC(=O)C(N)Cc1ccc(O)cc1)C(C)CC)C(C)O)C(=O)O. The molecule has 0 heterocycles. The van der Waals surface area contributed by atoms with Gasteiger partial charge in [-0.1, -0.05) is 52.7 Å². The number of aliphatic hydroxyl groups excluding tert-OH is 1. The van der Waals surface area contributed by atoms with Crippen LogP contribution in [-0.4, -0.2) is 69.3 Å². The zero-order valence-corrected chi connectivity index (χ0v) is 21.5. The van der Waals surface area contributed by atoms with E-state index in [1.165, 1.54) is 19.1 Å². The predicted octanol–water partition coefficient (Wildman–Crippen LogP) is 0.274. The summed E-state index contributed by atoms with van der Waals surface area (Å²) in [5.41, 5.74) is 6.76. The number of carbonyl (C=O) groups is 4. The van der Waals surface area contributed by atoms with Gasteiger partial charge in [0.25, 0.3) is 0 Å². The van der Waals surface area contributed by atoms with Gasteiger partial charge in [-0.2, -0.15) is 0 Å². The third-order valence-corrected chi connectivity index (χ3v) is 6.36. The van der Waals surface area contributed by atoms with Gasteiger partial charge in [0.15, 0.2) is 0 Å². The number of hydrogen-bond donors (Lipinski definition) is 7. The van der Waals surface area contributed by atoms with E-state index in [0.29, 0.717) is 12.8 Å². The summed E-state index contributed by atoms with van der Waals surface area (Å²) in [6.07, 6.45) is -0.140. The van der Waals surface area contributed by atoms with Crippen molar-refractivity contribution in [2.45, 2.75) is 84.2 Å². The molecule has 1 aromatic rings. The molecule has 36 heavy (non-hydrogen) atoms. The number of aromatic hydroxyl groups is 1. The van der Waals surface area contributed by atoms with E-state index in [2.05, 4.69) is 16.0 Å². The van der Waals surface area contributed by atoms with Crippen LogP contribution in [0.1, 0.15) is 53.0 Å². The van der Waals surface area contributed by atoms with Crippen LogP contribution in [0.15, 0.2) is 24.3 Å². The molecular weight excluding hydrogens is 468 g/mol. The number of carbonyl (C=O) groups excluding carboxylic acids is 3.